The van der Waals surface area contributed by atoms with Crippen LogP contribution in [0.25, 0.3) is 0 Å². The van der Waals surface area contributed by atoms with Gasteiger partial charge in [-0.15, -0.1) is 6.42 Å². The average Bonchev–Trinajstić information content (AvgIpc) is 2.39. The van der Waals surface area contributed by atoms with Crippen LogP contribution in [0.4, 0.5) is 5.69 Å². The second kappa shape index (κ2) is 6.76. The number of aryl methyl sites for hydroxylation is 1. The molecule has 0 saturated heterocycles. The quantitative estimate of drug-likeness (QED) is 0.663. The van der Waals surface area contributed by atoms with Gasteiger partial charge >= 0.3 is 5.97 Å². The Bertz CT molecular complexity index is 541. The summed E-state index contributed by atoms with van der Waals surface area (Å²) in [4.78, 5) is 23.3. The van der Waals surface area contributed by atoms with E-state index in [-0.39, 0.29) is 18.7 Å². The molecule has 0 heterocycles. The van der Waals surface area contributed by atoms with Crippen molar-refractivity contribution in [2.24, 2.45) is 0 Å². The van der Waals surface area contributed by atoms with Gasteiger partial charge in [-0.25, -0.2) is 0 Å². The molecule has 0 bridgehead atoms. The molecule has 0 aromatic heterocycles. The van der Waals surface area contributed by atoms with Crippen molar-refractivity contribution in [3.8, 4) is 12.3 Å². The van der Waals surface area contributed by atoms with Crippen molar-refractivity contribution in [3.05, 3.63) is 29.8 Å². The Hall–Kier alpha value is -2.28. The Morgan fingerprint density at radius 3 is 2.55 bits per heavy atom. The van der Waals surface area contributed by atoms with Crippen LogP contribution in [0.15, 0.2) is 24.3 Å². The van der Waals surface area contributed by atoms with Crippen LogP contribution in [-0.2, 0) is 14.3 Å². The van der Waals surface area contributed by atoms with Crippen molar-refractivity contribution >= 4 is 17.6 Å². The normalized spacial score (nSPS) is 10.5. The van der Waals surface area contributed by atoms with Crippen LogP contribution in [0.5, 0.6) is 0 Å². The highest BCUT2D eigenvalue weighted by Gasteiger charge is 2.20. The number of carbonyl (C=O) groups excluding carboxylic acids is 2. The number of benzene rings is 1. The van der Waals surface area contributed by atoms with Crippen molar-refractivity contribution in [2.75, 3.05) is 5.32 Å². The first-order valence-electron chi connectivity index (χ1n) is 6.39. The molecule has 0 aliphatic rings. The third-order valence-electron chi connectivity index (χ3n) is 2.69. The lowest BCUT2D eigenvalue weighted by Gasteiger charge is -2.18. The molecule has 4 nitrogen and oxygen atoms in total. The zero-order chi connectivity index (χ0) is 15.2. The van der Waals surface area contributed by atoms with E-state index in [1.165, 1.54) is 0 Å². The fraction of sp³-hybridized carbons (Fsp3) is 0.375. The van der Waals surface area contributed by atoms with Gasteiger partial charge in [0.25, 0.3) is 0 Å². The van der Waals surface area contributed by atoms with E-state index in [1.54, 1.807) is 13.8 Å². The van der Waals surface area contributed by atoms with E-state index in [0.29, 0.717) is 0 Å². The fourth-order valence-corrected chi connectivity index (χ4v) is 1.51. The Morgan fingerprint density at radius 2 is 1.95 bits per heavy atom. The van der Waals surface area contributed by atoms with Crippen LogP contribution in [0.1, 0.15) is 32.3 Å². The van der Waals surface area contributed by atoms with Crippen LogP contribution in [0.2, 0.25) is 0 Å². The summed E-state index contributed by atoms with van der Waals surface area (Å²) >= 11 is 0. The first-order valence-corrected chi connectivity index (χ1v) is 6.39. The van der Waals surface area contributed by atoms with Crippen LogP contribution in [0, 0.1) is 19.3 Å². The van der Waals surface area contributed by atoms with Crippen LogP contribution >= 0.6 is 0 Å². The summed E-state index contributed by atoms with van der Waals surface area (Å²) in [6.07, 6.45) is 5.29. The van der Waals surface area contributed by atoms with Crippen LogP contribution < -0.4 is 5.32 Å². The number of hydrogen-bond acceptors (Lipinski definition) is 3. The molecular formula is C16H19NO3. The van der Waals surface area contributed by atoms with E-state index < -0.39 is 11.6 Å². The van der Waals surface area contributed by atoms with Gasteiger partial charge in [-0.05, 0) is 32.4 Å². The number of anilines is 1. The standard InChI is InChI=1S/C16H19NO3/c1-5-16(3,4)20-15(19)11-10-14(18)17-13-9-7-6-8-12(13)2/h1,6-9H,10-11H2,2-4H3,(H,17,18). The molecular weight excluding hydrogens is 254 g/mol. The van der Waals surface area contributed by atoms with Gasteiger partial charge in [0.2, 0.25) is 5.91 Å². The van der Waals surface area contributed by atoms with Gasteiger partial charge in [0.1, 0.15) is 0 Å². The number of nitrogens with one attached hydrogen (secondary N) is 1. The second-order valence-corrected chi connectivity index (χ2v) is 4.99. The van der Waals surface area contributed by atoms with E-state index in [2.05, 4.69) is 11.2 Å². The summed E-state index contributed by atoms with van der Waals surface area (Å²) in [7, 11) is 0. The minimum absolute atomic E-state index is 0.00280. The van der Waals surface area contributed by atoms with Gasteiger partial charge in [-0.1, -0.05) is 24.1 Å². The third kappa shape index (κ3) is 5.15. The summed E-state index contributed by atoms with van der Waals surface area (Å²) in [5.41, 5.74) is 0.774. The number of rotatable bonds is 5. The Labute approximate surface area is 119 Å². The largest absolute Gasteiger partial charge is 0.446 e. The van der Waals surface area contributed by atoms with E-state index >= 15 is 0 Å². The first kappa shape index (κ1) is 15.8. The van der Waals surface area contributed by atoms with Crippen LogP contribution in [-0.4, -0.2) is 17.5 Å². The van der Waals surface area contributed by atoms with E-state index in [9.17, 15) is 9.59 Å². The highest BCUT2D eigenvalue weighted by atomic mass is 16.6. The molecule has 1 rings (SSSR count). The summed E-state index contributed by atoms with van der Waals surface area (Å²) in [5, 5.41) is 2.76. The second-order valence-electron chi connectivity index (χ2n) is 4.99. The van der Waals surface area contributed by atoms with Crippen molar-refractivity contribution in [1.82, 2.24) is 0 Å². The molecule has 1 N–H and O–H groups in total. The topological polar surface area (TPSA) is 55.4 Å². The van der Waals surface area contributed by atoms with Crippen molar-refractivity contribution in [1.29, 1.82) is 0 Å². The Balaban J connectivity index is 2.43. The Kier molecular flexibility index (Phi) is 5.33. The molecule has 1 aromatic rings. The maximum atomic E-state index is 11.7. The average molecular weight is 273 g/mol. The molecule has 0 radical (unpaired) electrons. The molecule has 4 heteroatoms. The summed E-state index contributed by atoms with van der Waals surface area (Å²) in [6, 6.07) is 7.45. The number of amides is 1. The zero-order valence-electron chi connectivity index (χ0n) is 12.0. The molecule has 1 aromatic carbocycles. The highest BCUT2D eigenvalue weighted by molar-refractivity contribution is 5.93. The molecule has 0 unspecified atom stereocenters. The molecule has 0 fully saturated rings. The molecule has 20 heavy (non-hydrogen) atoms. The van der Waals surface area contributed by atoms with Crippen molar-refractivity contribution in [2.45, 2.75) is 39.2 Å². The lowest BCUT2D eigenvalue weighted by Crippen LogP contribution is -2.26. The predicted octanol–water partition coefficient (Wildman–Crippen LogP) is 2.67. The van der Waals surface area contributed by atoms with Gasteiger partial charge in [-0.3, -0.25) is 9.59 Å². The number of esters is 1. The van der Waals surface area contributed by atoms with Gasteiger partial charge < -0.3 is 10.1 Å². The van der Waals surface area contributed by atoms with Gasteiger partial charge in [0.15, 0.2) is 5.60 Å². The van der Waals surface area contributed by atoms with Gasteiger partial charge in [-0.2, -0.15) is 0 Å². The SMILES string of the molecule is C#CC(C)(C)OC(=O)CCC(=O)Nc1ccccc1C. The minimum Gasteiger partial charge on any atom is -0.446 e. The fourth-order valence-electron chi connectivity index (χ4n) is 1.51. The van der Waals surface area contributed by atoms with Gasteiger partial charge in [0, 0.05) is 12.1 Å². The highest BCUT2D eigenvalue weighted by Crippen LogP contribution is 2.14. The lowest BCUT2D eigenvalue weighted by molar-refractivity contribution is -0.152. The number of ether oxygens (including phenoxy) is 1. The number of terminal acetylenes is 1. The smallest absolute Gasteiger partial charge is 0.307 e. The van der Waals surface area contributed by atoms with Crippen molar-refractivity contribution < 1.29 is 14.3 Å². The first-order chi connectivity index (χ1) is 9.34. The number of para-hydroxylation sites is 1. The summed E-state index contributed by atoms with van der Waals surface area (Å²) in [6.45, 7) is 5.15. The minimum atomic E-state index is -0.941. The number of hydrogen-bond donors (Lipinski definition) is 1. The maximum Gasteiger partial charge on any atom is 0.307 e. The molecule has 0 saturated carbocycles. The molecule has 0 aliphatic heterocycles. The summed E-state index contributed by atoms with van der Waals surface area (Å²) in [5.74, 6) is 1.66. The molecule has 0 spiro atoms. The van der Waals surface area contributed by atoms with Gasteiger partial charge in [0.05, 0.1) is 6.42 Å². The lowest BCUT2D eigenvalue weighted by atomic mass is 10.1. The summed E-state index contributed by atoms with van der Waals surface area (Å²) < 4.78 is 5.06. The third-order valence-corrected chi connectivity index (χ3v) is 2.69. The number of carbonyl (C=O) groups is 2. The molecule has 0 aliphatic carbocycles. The molecule has 0 atom stereocenters. The van der Waals surface area contributed by atoms with E-state index in [0.717, 1.165) is 11.3 Å². The maximum absolute atomic E-state index is 11.7. The monoisotopic (exact) mass is 273 g/mol. The molecule has 1 amide bonds. The predicted molar refractivity (Wildman–Crippen MR) is 78.0 cm³/mol. The molecule has 106 valence electrons. The van der Waals surface area contributed by atoms with Crippen molar-refractivity contribution in [3.63, 3.8) is 0 Å². The van der Waals surface area contributed by atoms with Crippen LogP contribution in [0.3, 0.4) is 0 Å². The Morgan fingerprint density at radius 1 is 1.30 bits per heavy atom. The zero-order valence-corrected chi connectivity index (χ0v) is 12.0. The van der Waals surface area contributed by atoms with E-state index in [4.69, 9.17) is 11.2 Å². The van der Waals surface area contributed by atoms with E-state index in [1.807, 2.05) is 31.2 Å².